The molecule has 0 heterocycles. The van der Waals surface area contributed by atoms with E-state index in [4.69, 9.17) is 5.73 Å². The molecule has 132 valence electrons. The molecule has 1 amide bonds. The van der Waals surface area contributed by atoms with Crippen molar-refractivity contribution in [3.63, 3.8) is 0 Å². The van der Waals surface area contributed by atoms with Gasteiger partial charge in [-0.05, 0) is 22.6 Å². The summed E-state index contributed by atoms with van der Waals surface area (Å²) in [6.45, 7) is 4.60. The zero-order valence-corrected chi connectivity index (χ0v) is 14.4. The van der Waals surface area contributed by atoms with E-state index in [-0.39, 0.29) is 24.1 Å². The lowest BCUT2D eigenvalue weighted by Gasteiger charge is -2.14. The molecule has 0 aliphatic carbocycles. The van der Waals surface area contributed by atoms with Crippen LogP contribution in [0.15, 0.2) is 48.5 Å². The van der Waals surface area contributed by atoms with Gasteiger partial charge in [0.25, 0.3) is 5.69 Å². The molecule has 0 saturated carbocycles. The monoisotopic (exact) mass is 341 g/mol. The lowest BCUT2D eigenvalue weighted by atomic mass is 9.99. The Bertz CT molecular complexity index is 725. The molecule has 6 heteroatoms. The minimum atomic E-state index is -0.465. The molecule has 2 aromatic rings. The van der Waals surface area contributed by atoms with Gasteiger partial charge < -0.3 is 11.1 Å². The van der Waals surface area contributed by atoms with Crippen molar-refractivity contribution in [1.82, 2.24) is 5.32 Å². The van der Waals surface area contributed by atoms with Crippen molar-refractivity contribution < 1.29 is 9.72 Å². The molecule has 2 rings (SSSR count). The number of nitro groups is 1. The van der Waals surface area contributed by atoms with E-state index in [0.29, 0.717) is 12.5 Å². The second kappa shape index (κ2) is 8.39. The molecule has 0 fully saturated rings. The molecule has 0 radical (unpaired) electrons. The van der Waals surface area contributed by atoms with Crippen molar-refractivity contribution >= 4 is 11.6 Å². The molecule has 0 saturated heterocycles. The van der Waals surface area contributed by atoms with Gasteiger partial charge in [0, 0.05) is 24.7 Å². The molecule has 0 aromatic heterocycles. The standard InChI is InChI=1S/C19H23N3O3/c1-13(2)15-5-7-16(8-6-15)18(20)12-21-19(23)11-14-3-9-17(10-4-14)22(24)25/h3-10,13,18H,11-12,20H2,1-2H3,(H,21,23). The van der Waals surface area contributed by atoms with Gasteiger partial charge in [0.1, 0.15) is 0 Å². The maximum atomic E-state index is 12.0. The van der Waals surface area contributed by atoms with Gasteiger partial charge in [-0.2, -0.15) is 0 Å². The van der Waals surface area contributed by atoms with E-state index < -0.39 is 4.92 Å². The van der Waals surface area contributed by atoms with E-state index in [2.05, 4.69) is 31.3 Å². The Labute approximate surface area is 147 Å². The van der Waals surface area contributed by atoms with Crippen molar-refractivity contribution in [2.24, 2.45) is 5.73 Å². The predicted octanol–water partition coefficient (Wildman–Crippen LogP) is 3.08. The fourth-order valence-electron chi connectivity index (χ4n) is 2.45. The summed E-state index contributed by atoms with van der Waals surface area (Å²) in [6.07, 6.45) is 0.164. The number of nitro benzene ring substituents is 1. The molecule has 0 aliphatic rings. The van der Waals surface area contributed by atoms with Crippen molar-refractivity contribution in [1.29, 1.82) is 0 Å². The van der Waals surface area contributed by atoms with E-state index in [9.17, 15) is 14.9 Å². The Morgan fingerprint density at radius 3 is 2.16 bits per heavy atom. The molecule has 3 N–H and O–H groups in total. The Hall–Kier alpha value is -2.73. The number of hydrogen-bond donors (Lipinski definition) is 2. The normalized spacial score (nSPS) is 12.0. The first kappa shape index (κ1) is 18.6. The van der Waals surface area contributed by atoms with Gasteiger partial charge in [0.2, 0.25) is 5.91 Å². The van der Waals surface area contributed by atoms with E-state index in [1.165, 1.54) is 17.7 Å². The van der Waals surface area contributed by atoms with Crippen LogP contribution in [-0.2, 0) is 11.2 Å². The molecule has 6 nitrogen and oxygen atoms in total. The van der Waals surface area contributed by atoms with Gasteiger partial charge in [0.15, 0.2) is 0 Å². The second-order valence-electron chi connectivity index (χ2n) is 6.33. The summed E-state index contributed by atoms with van der Waals surface area (Å²) < 4.78 is 0. The fraction of sp³-hybridized carbons (Fsp3) is 0.316. The first-order chi connectivity index (χ1) is 11.9. The molecule has 2 aromatic carbocycles. The number of amides is 1. The number of rotatable bonds is 7. The summed E-state index contributed by atoms with van der Waals surface area (Å²) in [7, 11) is 0. The highest BCUT2D eigenvalue weighted by Gasteiger charge is 2.10. The summed E-state index contributed by atoms with van der Waals surface area (Å²) in [4.78, 5) is 22.2. The molecular formula is C19H23N3O3. The van der Waals surface area contributed by atoms with Gasteiger partial charge in [-0.1, -0.05) is 50.2 Å². The van der Waals surface area contributed by atoms with Crippen LogP contribution in [0.2, 0.25) is 0 Å². The van der Waals surface area contributed by atoms with Crippen molar-refractivity contribution in [2.45, 2.75) is 32.2 Å². The third-order valence-corrected chi connectivity index (χ3v) is 4.06. The van der Waals surface area contributed by atoms with Crippen LogP contribution in [0.4, 0.5) is 5.69 Å². The van der Waals surface area contributed by atoms with Crippen LogP contribution < -0.4 is 11.1 Å². The second-order valence-corrected chi connectivity index (χ2v) is 6.33. The Balaban J connectivity index is 1.85. The van der Waals surface area contributed by atoms with Crippen molar-refractivity contribution in [3.05, 3.63) is 75.3 Å². The topological polar surface area (TPSA) is 98.3 Å². The number of benzene rings is 2. The molecular weight excluding hydrogens is 318 g/mol. The van der Waals surface area contributed by atoms with Crippen LogP contribution in [-0.4, -0.2) is 17.4 Å². The Kier molecular flexibility index (Phi) is 6.25. The number of hydrogen-bond acceptors (Lipinski definition) is 4. The quantitative estimate of drug-likeness (QED) is 0.597. The van der Waals surface area contributed by atoms with E-state index >= 15 is 0 Å². The first-order valence-corrected chi connectivity index (χ1v) is 8.22. The van der Waals surface area contributed by atoms with Crippen LogP contribution in [0.1, 0.15) is 42.5 Å². The van der Waals surface area contributed by atoms with Gasteiger partial charge in [0.05, 0.1) is 11.3 Å². The molecule has 1 unspecified atom stereocenters. The SMILES string of the molecule is CC(C)c1ccc(C(N)CNC(=O)Cc2ccc([N+](=O)[O-])cc2)cc1. The van der Waals surface area contributed by atoms with Crippen LogP contribution in [0.5, 0.6) is 0 Å². The summed E-state index contributed by atoms with van der Waals surface area (Å²) >= 11 is 0. The van der Waals surface area contributed by atoms with Gasteiger partial charge >= 0.3 is 0 Å². The highest BCUT2D eigenvalue weighted by atomic mass is 16.6. The fourth-order valence-corrected chi connectivity index (χ4v) is 2.45. The molecule has 0 spiro atoms. The molecule has 25 heavy (non-hydrogen) atoms. The van der Waals surface area contributed by atoms with Gasteiger partial charge in [-0.25, -0.2) is 0 Å². The van der Waals surface area contributed by atoms with E-state index in [1.54, 1.807) is 12.1 Å². The maximum absolute atomic E-state index is 12.0. The van der Waals surface area contributed by atoms with Crippen LogP contribution in [0, 0.1) is 10.1 Å². The number of nitrogens with one attached hydrogen (secondary N) is 1. The number of carbonyl (C=O) groups is 1. The van der Waals surface area contributed by atoms with Crippen molar-refractivity contribution in [3.8, 4) is 0 Å². The van der Waals surface area contributed by atoms with Crippen LogP contribution >= 0.6 is 0 Å². The van der Waals surface area contributed by atoms with Crippen molar-refractivity contribution in [2.75, 3.05) is 6.54 Å². The summed E-state index contributed by atoms with van der Waals surface area (Å²) in [5.74, 6) is 0.301. The van der Waals surface area contributed by atoms with E-state index in [0.717, 1.165) is 11.1 Å². The number of nitrogens with zero attached hydrogens (tertiary/aromatic N) is 1. The molecule has 1 atom stereocenters. The molecule has 0 aliphatic heterocycles. The minimum absolute atomic E-state index is 0.0102. The Morgan fingerprint density at radius 2 is 1.64 bits per heavy atom. The predicted molar refractivity (Wildman–Crippen MR) is 97.3 cm³/mol. The number of nitrogens with two attached hydrogens (primary N) is 1. The largest absolute Gasteiger partial charge is 0.354 e. The number of carbonyl (C=O) groups excluding carboxylic acids is 1. The number of non-ortho nitro benzene ring substituents is 1. The van der Waals surface area contributed by atoms with E-state index in [1.807, 2.05) is 12.1 Å². The first-order valence-electron chi connectivity index (χ1n) is 8.22. The summed E-state index contributed by atoms with van der Waals surface area (Å²) in [5, 5.41) is 13.4. The highest BCUT2D eigenvalue weighted by molar-refractivity contribution is 5.78. The third-order valence-electron chi connectivity index (χ3n) is 4.06. The maximum Gasteiger partial charge on any atom is 0.269 e. The average molecular weight is 341 g/mol. The lowest BCUT2D eigenvalue weighted by Crippen LogP contribution is -2.32. The van der Waals surface area contributed by atoms with Crippen LogP contribution in [0.25, 0.3) is 0 Å². The summed E-state index contributed by atoms with van der Waals surface area (Å²) in [6, 6.07) is 13.8. The minimum Gasteiger partial charge on any atom is -0.354 e. The third kappa shape index (κ3) is 5.39. The van der Waals surface area contributed by atoms with Gasteiger partial charge in [-0.3, -0.25) is 14.9 Å². The average Bonchev–Trinajstić information content (AvgIpc) is 2.60. The zero-order chi connectivity index (χ0) is 18.4. The van der Waals surface area contributed by atoms with Gasteiger partial charge in [-0.15, -0.1) is 0 Å². The summed E-state index contributed by atoms with van der Waals surface area (Å²) in [5.41, 5.74) is 9.08. The highest BCUT2D eigenvalue weighted by Crippen LogP contribution is 2.17. The zero-order valence-electron chi connectivity index (χ0n) is 14.4. The molecule has 0 bridgehead atoms. The van der Waals surface area contributed by atoms with Crippen LogP contribution in [0.3, 0.4) is 0 Å². The Morgan fingerprint density at radius 1 is 1.08 bits per heavy atom. The smallest absolute Gasteiger partial charge is 0.269 e. The lowest BCUT2D eigenvalue weighted by molar-refractivity contribution is -0.384.